The number of pyridine rings is 1. The number of likely N-dealkylation sites (tertiary alicyclic amines) is 1. The summed E-state index contributed by atoms with van der Waals surface area (Å²) in [5.41, 5.74) is 6.90. The second-order valence-electron chi connectivity index (χ2n) is 8.52. The monoisotopic (exact) mass is 399 g/mol. The normalized spacial score (nSPS) is 15.2. The molecule has 2 N–H and O–H groups in total. The van der Waals surface area contributed by atoms with Crippen LogP contribution in [0.2, 0.25) is 0 Å². The molecule has 0 unspecified atom stereocenters. The Kier molecular flexibility index (Phi) is 6.20. The van der Waals surface area contributed by atoms with Crippen molar-refractivity contribution in [2.45, 2.75) is 39.5 Å². The zero-order chi connectivity index (χ0) is 21.0. The average Bonchev–Trinajstić information content (AvgIpc) is 2.71. The smallest absolute Gasteiger partial charge is 0.272 e. The van der Waals surface area contributed by atoms with E-state index in [1.807, 2.05) is 11.0 Å². The zero-order valence-corrected chi connectivity index (χ0v) is 17.5. The number of piperidine rings is 1. The molecule has 3 rings (SSSR count). The number of carbonyl (C=O) groups is 1. The molecule has 1 saturated heterocycles. The van der Waals surface area contributed by atoms with Gasteiger partial charge in [0.25, 0.3) is 5.91 Å². The number of aromatic nitrogens is 3. The fraction of sp³-hybridized carbons (Fsp3) is 0.524. The third kappa shape index (κ3) is 5.34. The summed E-state index contributed by atoms with van der Waals surface area (Å²) >= 11 is 0. The lowest BCUT2D eigenvalue weighted by Crippen LogP contribution is -2.38. The maximum absolute atomic E-state index is 12.9. The molecule has 2 aromatic heterocycles. The number of carbonyl (C=O) groups excluding carboxylic acids is 1. The fourth-order valence-electron chi connectivity index (χ4n) is 3.21. The molecule has 0 aliphatic carbocycles. The van der Waals surface area contributed by atoms with Gasteiger partial charge >= 0.3 is 0 Å². The molecule has 0 aromatic carbocycles. The van der Waals surface area contributed by atoms with E-state index in [0.717, 1.165) is 18.5 Å². The van der Waals surface area contributed by atoms with Gasteiger partial charge in [0, 0.05) is 25.1 Å². The van der Waals surface area contributed by atoms with Crippen molar-refractivity contribution in [3.63, 3.8) is 0 Å². The molecule has 29 heavy (non-hydrogen) atoms. The first kappa shape index (κ1) is 20.8. The molecule has 0 radical (unpaired) electrons. The SMILES string of the molecule is COc1cc(C(=O)N2CCC(c3ccc(N)nn3)CC2)ncc1OCC(C)(C)C. The van der Waals surface area contributed by atoms with Crippen LogP contribution in [0.1, 0.15) is 55.7 Å². The lowest BCUT2D eigenvalue weighted by molar-refractivity contribution is 0.0705. The molecular formula is C21H29N5O3. The van der Waals surface area contributed by atoms with Crippen molar-refractivity contribution < 1.29 is 14.3 Å². The molecule has 156 valence electrons. The molecule has 0 bridgehead atoms. The van der Waals surface area contributed by atoms with Crippen LogP contribution in [0.4, 0.5) is 5.82 Å². The highest BCUT2D eigenvalue weighted by molar-refractivity contribution is 5.93. The summed E-state index contributed by atoms with van der Waals surface area (Å²) in [5.74, 6) is 1.64. The Hall–Kier alpha value is -2.90. The molecule has 1 aliphatic heterocycles. The van der Waals surface area contributed by atoms with Crippen LogP contribution in [-0.4, -0.2) is 52.8 Å². The Morgan fingerprint density at radius 1 is 1.21 bits per heavy atom. The summed E-state index contributed by atoms with van der Waals surface area (Å²) in [6, 6.07) is 5.32. The van der Waals surface area contributed by atoms with Crippen LogP contribution in [-0.2, 0) is 0 Å². The Balaban J connectivity index is 1.64. The lowest BCUT2D eigenvalue weighted by atomic mass is 9.93. The van der Waals surface area contributed by atoms with Crippen molar-refractivity contribution in [1.82, 2.24) is 20.1 Å². The molecule has 2 aromatic rings. The second kappa shape index (κ2) is 8.63. The van der Waals surface area contributed by atoms with Gasteiger partial charge in [-0.15, -0.1) is 5.10 Å². The minimum absolute atomic E-state index is 0.0126. The van der Waals surface area contributed by atoms with Gasteiger partial charge in [-0.1, -0.05) is 20.8 Å². The van der Waals surface area contributed by atoms with Crippen molar-refractivity contribution in [1.29, 1.82) is 0 Å². The van der Waals surface area contributed by atoms with E-state index in [1.54, 1.807) is 25.4 Å². The predicted molar refractivity (Wildman–Crippen MR) is 110 cm³/mol. The van der Waals surface area contributed by atoms with Gasteiger partial charge in [0.05, 0.1) is 25.6 Å². The van der Waals surface area contributed by atoms with Crippen LogP contribution in [0.3, 0.4) is 0 Å². The highest BCUT2D eigenvalue weighted by Crippen LogP contribution is 2.30. The van der Waals surface area contributed by atoms with E-state index in [-0.39, 0.29) is 17.2 Å². The van der Waals surface area contributed by atoms with Gasteiger partial charge in [0.1, 0.15) is 11.5 Å². The molecule has 0 atom stereocenters. The van der Waals surface area contributed by atoms with E-state index in [4.69, 9.17) is 15.2 Å². The maximum Gasteiger partial charge on any atom is 0.272 e. The number of nitrogens with two attached hydrogens (primary N) is 1. The average molecular weight is 399 g/mol. The summed E-state index contributed by atoms with van der Waals surface area (Å²) < 4.78 is 11.2. The standard InChI is InChI=1S/C21H29N5O3/c1-21(2,3)13-29-18-12-23-16(11-17(18)28-4)20(27)26-9-7-14(8-10-26)15-5-6-19(22)25-24-15/h5-6,11-12,14H,7-10,13H2,1-4H3,(H2,22,25). The van der Waals surface area contributed by atoms with Crippen LogP contribution in [0, 0.1) is 5.41 Å². The number of nitrogen functional groups attached to an aromatic ring is 1. The molecule has 8 nitrogen and oxygen atoms in total. The van der Waals surface area contributed by atoms with Gasteiger partial charge in [-0.05, 0) is 30.4 Å². The molecule has 3 heterocycles. The van der Waals surface area contributed by atoms with Gasteiger partial charge in [-0.2, -0.15) is 5.10 Å². The first-order valence-corrected chi connectivity index (χ1v) is 9.82. The van der Waals surface area contributed by atoms with E-state index in [1.165, 1.54) is 0 Å². The van der Waals surface area contributed by atoms with E-state index in [0.29, 0.717) is 42.7 Å². The summed E-state index contributed by atoms with van der Waals surface area (Å²) in [6.07, 6.45) is 3.22. The Morgan fingerprint density at radius 3 is 2.52 bits per heavy atom. The number of rotatable bonds is 5. The Morgan fingerprint density at radius 2 is 1.93 bits per heavy atom. The Bertz CT molecular complexity index is 840. The first-order chi connectivity index (χ1) is 13.8. The molecule has 0 spiro atoms. The maximum atomic E-state index is 12.9. The zero-order valence-electron chi connectivity index (χ0n) is 17.5. The van der Waals surface area contributed by atoms with Gasteiger partial charge in [-0.25, -0.2) is 4.98 Å². The molecule has 8 heteroatoms. The highest BCUT2D eigenvalue weighted by atomic mass is 16.5. The minimum atomic E-state index is -0.104. The van der Waals surface area contributed by atoms with Crippen LogP contribution in [0.15, 0.2) is 24.4 Å². The summed E-state index contributed by atoms with van der Waals surface area (Å²) in [7, 11) is 1.56. The van der Waals surface area contributed by atoms with Crippen molar-refractivity contribution >= 4 is 11.7 Å². The highest BCUT2D eigenvalue weighted by Gasteiger charge is 2.27. The lowest BCUT2D eigenvalue weighted by Gasteiger charge is -2.31. The molecule has 1 amide bonds. The summed E-state index contributed by atoms with van der Waals surface area (Å²) in [6.45, 7) is 8.07. The number of amides is 1. The van der Waals surface area contributed by atoms with Crippen LogP contribution >= 0.6 is 0 Å². The van der Waals surface area contributed by atoms with Gasteiger partial charge < -0.3 is 20.1 Å². The van der Waals surface area contributed by atoms with E-state index in [2.05, 4.69) is 36.0 Å². The molecular weight excluding hydrogens is 370 g/mol. The Labute approximate surface area is 171 Å². The topological polar surface area (TPSA) is 103 Å². The van der Waals surface area contributed by atoms with Crippen molar-refractivity contribution in [2.75, 3.05) is 32.5 Å². The van der Waals surface area contributed by atoms with Crippen molar-refractivity contribution in [3.05, 3.63) is 35.8 Å². The van der Waals surface area contributed by atoms with Crippen molar-refractivity contribution in [3.8, 4) is 11.5 Å². The van der Waals surface area contributed by atoms with E-state index >= 15 is 0 Å². The third-order valence-electron chi connectivity index (χ3n) is 4.84. The summed E-state index contributed by atoms with van der Waals surface area (Å²) in [5, 5.41) is 8.10. The number of hydrogen-bond donors (Lipinski definition) is 1. The third-order valence-corrected chi connectivity index (χ3v) is 4.84. The van der Waals surface area contributed by atoms with E-state index < -0.39 is 0 Å². The number of nitrogens with zero attached hydrogens (tertiary/aromatic N) is 4. The molecule has 1 fully saturated rings. The molecule has 1 aliphatic rings. The van der Waals surface area contributed by atoms with Crippen LogP contribution in [0.25, 0.3) is 0 Å². The first-order valence-electron chi connectivity index (χ1n) is 9.82. The summed E-state index contributed by atoms with van der Waals surface area (Å²) in [4.78, 5) is 19.0. The van der Waals surface area contributed by atoms with Gasteiger partial charge in [0.2, 0.25) is 0 Å². The quantitative estimate of drug-likeness (QED) is 0.824. The van der Waals surface area contributed by atoms with Crippen LogP contribution < -0.4 is 15.2 Å². The van der Waals surface area contributed by atoms with Gasteiger partial charge in [-0.3, -0.25) is 4.79 Å². The number of ether oxygens (including phenoxy) is 2. The van der Waals surface area contributed by atoms with Gasteiger partial charge in [0.15, 0.2) is 11.5 Å². The van der Waals surface area contributed by atoms with Crippen LogP contribution in [0.5, 0.6) is 11.5 Å². The number of hydrogen-bond acceptors (Lipinski definition) is 7. The fourth-order valence-corrected chi connectivity index (χ4v) is 3.21. The van der Waals surface area contributed by atoms with E-state index in [9.17, 15) is 4.79 Å². The predicted octanol–water partition coefficient (Wildman–Crippen LogP) is 2.91. The van der Waals surface area contributed by atoms with Crippen molar-refractivity contribution in [2.24, 2.45) is 5.41 Å². The number of anilines is 1. The minimum Gasteiger partial charge on any atom is -0.493 e. The number of methoxy groups -OCH3 is 1. The molecule has 0 saturated carbocycles. The second-order valence-corrected chi connectivity index (χ2v) is 8.52. The largest absolute Gasteiger partial charge is 0.493 e.